The quantitative estimate of drug-likeness (QED) is 0.515. The van der Waals surface area contributed by atoms with E-state index in [0.29, 0.717) is 10.6 Å². The van der Waals surface area contributed by atoms with Gasteiger partial charge in [-0.15, -0.1) is 0 Å². The van der Waals surface area contributed by atoms with E-state index in [1.165, 1.54) is 0 Å². The Labute approximate surface area is 86.6 Å². The highest BCUT2D eigenvalue weighted by Gasteiger charge is 2.08. The van der Waals surface area contributed by atoms with E-state index in [9.17, 15) is 4.79 Å². The summed E-state index contributed by atoms with van der Waals surface area (Å²) < 4.78 is 0. The Morgan fingerprint density at radius 3 is 2.71 bits per heavy atom. The number of halogens is 1. The van der Waals surface area contributed by atoms with Gasteiger partial charge in [-0.05, 0) is 12.1 Å². The number of hydrogen-bond donors (Lipinski definition) is 3. The van der Waals surface area contributed by atoms with Crippen molar-refractivity contribution in [2.24, 2.45) is 5.73 Å². The van der Waals surface area contributed by atoms with Gasteiger partial charge in [-0.2, -0.15) is 0 Å². The van der Waals surface area contributed by atoms with E-state index in [0.717, 1.165) is 0 Å². The van der Waals surface area contributed by atoms with Gasteiger partial charge in [0.15, 0.2) is 0 Å². The highest BCUT2D eigenvalue weighted by molar-refractivity contribution is 6.33. The summed E-state index contributed by atoms with van der Waals surface area (Å²) >= 11 is 5.79. The molecule has 0 spiro atoms. The molecule has 0 saturated heterocycles. The average Bonchev–Trinajstić information content (AvgIpc) is 2.15. The first kappa shape index (κ1) is 10.5. The molecule has 0 saturated carbocycles. The van der Waals surface area contributed by atoms with Crippen molar-refractivity contribution in [3.63, 3.8) is 0 Å². The van der Waals surface area contributed by atoms with Crippen LogP contribution in [0, 0.1) is 5.41 Å². The summed E-state index contributed by atoms with van der Waals surface area (Å²) in [6, 6.07) is 6.70. The fraction of sp³-hybridized carbons (Fsp3) is 0.111. The molecular weight excluding hydrogens is 202 g/mol. The maximum absolute atomic E-state index is 11.4. The normalized spacial score (nSPS) is 9.50. The maximum Gasteiger partial charge on any atom is 0.253 e. The second-order valence-corrected chi connectivity index (χ2v) is 3.09. The highest BCUT2D eigenvalue weighted by Crippen LogP contribution is 2.14. The zero-order chi connectivity index (χ0) is 10.6. The van der Waals surface area contributed by atoms with E-state index in [2.05, 4.69) is 5.32 Å². The van der Waals surface area contributed by atoms with E-state index >= 15 is 0 Å². The number of hydrogen-bond acceptors (Lipinski definition) is 2. The number of amidine groups is 1. The highest BCUT2D eigenvalue weighted by atomic mass is 35.5. The van der Waals surface area contributed by atoms with Crippen LogP contribution in [0.3, 0.4) is 0 Å². The Morgan fingerprint density at radius 2 is 2.14 bits per heavy atom. The molecule has 0 unspecified atom stereocenters. The number of carbonyl (C=O) groups is 1. The lowest BCUT2D eigenvalue weighted by Gasteiger charge is -2.04. The van der Waals surface area contributed by atoms with Gasteiger partial charge in [-0.25, -0.2) is 0 Å². The molecule has 0 aliphatic heterocycles. The molecule has 0 radical (unpaired) electrons. The van der Waals surface area contributed by atoms with Crippen molar-refractivity contribution in [1.29, 1.82) is 5.41 Å². The van der Waals surface area contributed by atoms with Gasteiger partial charge >= 0.3 is 0 Å². The lowest BCUT2D eigenvalue weighted by molar-refractivity contribution is 0.0959. The van der Waals surface area contributed by atoms with Crippen molar-refractivity contribution >= 4 is 23.3 Å². The van der Waals surface area contributed by atoms with Crippen LogP contribution >= 0.6 is 11.6 Å². The Kier molecular flexibility index (Phi) is 3.48. The van der Waals surface area contributed by atoms with Gasteiger partial charge in [0.25, 0.3) is 5.91 Å². The van der Waals surface area contributed by atoms with Crippen molar-refractivity contribution in [3.05, 3.63) is 34.9 Å². The summed E-state index contributed by atoms with van der Waals surface area (Å²) in [6.07, 6.45) is 0. The third kappa shape index (κ3) is 2.74. The van der Waals surface area contributed by atoms with Crippen molar-refractivity contribution in [3.8, 4) is 0 Å². The monoisotopic (exact) mass is 211 g/mol. The van der Waals surface area contributed by atoms with E-state index in [-0.39, 0.29) is 18.3 Å². The van der Waals surface area contributed by atoms with Gasteiger partial charge in [0.2, 0.25) is 0 Å². The van der Waals surface area contributed by atoms with Crippen LogP contribution < -0.4 is 11.1 Å². The number of rotatable bonds is 3. The number of amides is 1. The molecule has 4 nitrogen and oxygen atoms in total. The molecule has 0 aliphatic carbocycles. The summed E-state index contributed by atoms with van der Waals surface area (Å²) in [7, 11) is 0. The predicted molar refractivity (Wildman–Crippen MR) is 55.7 cm³/mol. The lowest BCUT2D eigenvalue weighted by Crippen LogP contribution is -2.32. The lowest BCUT2D eigenvalue weighted by atomic mass is 10.2. The molecule has 1 rings (SSSR count). The van der Waals surface area contributed by atoms with Crippen LogP contribution in [0.1, 0.15) is 10.4 Å². The predicted octanol–water partition coefficient (Wildman–Crippen LogP) is 1.01. The Hall–Kier alpha value is -1.55. The van der Waals surface area contributed by atoms with Crippen LogP contribution in [-0.4, -0.2) is 18.3 Å². The molecule has 0 fully saturated rings. The molecule has 0 aromatic heterocycles. The van der Waals surface area contributed by atoms with Crippen molar-refractivity contribution in [2.45, 2.75) is 0 Å². The first-order valence-corrected chi connectivity index (χ1v) is 4.34. The van der Waals surface area contributed by atoms with E-state index in [1.54, 1.807) is 24.3 Å². The van der Waals surface area contributed by atoms with Crippen molar-refractivity contribution in [1.82, 2.24) is 5.32 Å². The first-order valence-electron chi connectivity index (χ1n) is 3.97. The molecule has 14 heavy (non-hydrogen) atoms. The van der Waals surface area contributed by atoms with Crippen molar-refractivity contribution < 1.29 is 4.79 Å². The van der Waals surface area contributed by atoms with E-state index < -0.39 is 0 Å². The molecule has 1 aromatic carbocycles. The summed E-state index contributed by atoms with van der Waals surface area (Å²) in [5.41, 5.74) is 5.48. The van der Waals surface area contributed by atoms with Gasteiger partial charge in [0.05, 0.1) is 17.1 Å². The van der Waals surface area contributed by atoms with Crippen LogP contribution in [0.15, 0.2) is 24.3 Å². The second kappa shape index (κ2) is 4.62. The van der Waals surface area contributed by atoms with E-state index in [1.807, 2.05) is 0 Å². The first-order chi connectivity index (χ1) is 6.61. The van der Waals surface area contributed by atoms with Crippen molar-refractivity contribution in [2.75, 3.05) is 6.54 Å². The molecule has 0 bridgehead atoms. The average molecular weight is 212 g/mol. The maximum atomic E-state index is 11.4. The minimum atomic E-state index is -0.328. The van der Waals surface area contributed by atoms with E-state index in [4.69, 9.17) is 22.7 Å². The largest absolute Gasteiger partial charge is 0.386 e. The smallest absolute Gasteiger partial charge is 0.253 e. The third-order valence-electron chi connectivity index (χ3n) is 1.56. The molecular formula is C9H10ClN3O. The Balaban J connectivity index is 2.70. The molecule has 0 aliphatic rings. The molecule has 1 aromatic rings. The van der Waals surface area contributed by atoms with Gasteiger partial charge < -0.3 is 11.1 Å². The summed E-state index contributed by atoms with van der Waals surface area (Å²) in [5.74, 6) is -0.420. The summed E-state index contributed by atoms with van der Waals surface area (Å²) in [6.45, 7) is 0.0318. The zero-order valence-corrected chi connectivity index (χ0v) is 8.14. The number of carbonyl (C=O) groups excluding carboxylic acids is 1. The van der Waals surface area contributed by atoms with Gasteiger partial charge in [0, 0.05) is 0 Å². The fourth-order valence-electron chi connectivity index (χ4n) is 0.916. The zero-order valence-electron chi connectivity index (χ0n) is 7.38. The summed E-state index contributed by atoms with van der Waals surface area (Å²) in [5, 5.41) is 9.78. The van der Waals surface area contributed by atoms with Crippen LogP contribution in [0.4, 0.5) is 0 Å². The third-order valence-corrected chi connectivity index (χ3v) is 1.89. The number of nitrogens with two attached hydrogens (primary N) is 1. The standard InChI is InChI=1S/C9H10ClN3O/c10-7-4-2-1-3-6(7)9(14)13-5-8(11)12/h1-4H,5H2,(H3,11,12)(H,13,14). The van der Waals surface area contributed by atoms with Crippen LogP contribution in [0.5, 0.6) is 0 Å². The van der Waals surface area contributed by atoms with Gasteiger partial charge in [-0.3, -0.25) is 10.2 Å². The molecule has 4 N–H and O–H groups in total. The SMILES string of the molecule is N=C(N)CNC(=O)c1ccccc1Cl. The van der Waals surface area contributed by atoms with Crippen LogP contribution in [0.2, 0.25) is 5.02 Å². The van der Waals surface area contributed by atoms with Gasteiger partial charge in [-0.1, -0.05) is 23.7 Å². The number of nitrogens with one attached hydrogen (secondary N) is 2. The molecule has 5 heteroatoms. The molecule has 74 valence electrons. The topological polar surface area (TPSA) is 79.0 Å². The minimum Gasteiger partial charge on any atom is -0.386 e. The number of benzene rings is 1. The fourth-order valence-corrected chi connectivity index (χ4v) is 1.14. The molecule has 1 amide bonds. The van der Waals surface area contributed by atoms with Gasteiger partial charge in [0.1, 0.15) is 5.84 Å². The van der Waals surface area contributed by atoms with Crippen LogP contribution in [0.25, 0.3) is 0 Å². The molecule has 0 heterocycles. The summed E-state index contributed by atoms with van der Waals surface area (Å²) in [4.78, 5) is 11.4. The minimum absolute atomic E-state index is 0.0318. The Bertz CT molecular complexity index is 365. The molecule has 0 atom stereocenters. The van der Waals surface area contributed by atoms with Crippen LogP contribution in [-0.2, 0) is 0 Å². The second-order valence-electron chi connectivity index (χ2n) is 2.69. The Morgan fingerprint density at radius 1 is 1.50 bits per heavy atom.